The monoisotopic (exact) mass is 476 g/mol. The van der Waals surface area contributed by atoms with Crippen molar-refractivity contribution in [3.63, 3.8) is 0 Å². The molecule has 0 radical (unpaired) electrons. The number of esters is 1. The van der Waals surface area contributed by atoms with Gasteiger partial charge >= 0.3 is 5.97 Å². The maximum Gasteiger partial charge on any atom is 0.338 e. The maximum atomic E-state index is 13.6. The average molecular weight is 477 g/mol. The van der Waals surface area contributed by atoms with Crippen LogP contribution in [0, 0.1) is 11.8 Å². The van der Waals surface area contributed by atoms with E-state index in [9.17, 15) is 13.2 Å². The molecule has 6 heteroatoms. The molecule has 5 nitrogen and oxygen atoms in total. The van der Waals surface area contributed by atoms with Gasteiger partial charge in [-0.1, -0.05) is 80.6 Å². The third-order valence-corrected chi connectivity index (χ3v) is 8.23. The van der Waals surface area contributed by atoms with Crippen LogP contribution in [0.4, 0.5) is 0 Å². The second kappa shape index (κ2) is 10.4. The van der Waals surface area contributed by atoms with Crippen molar-refractivity contribution < 1.29 is 22.7 Å². The van der Waals surface area contributed by atoms with Gasteiger partial charge in [0.1, 0.15) is 6.10 Å². The number of rotatable bonds is 7. The van der Waals surface area contributed by atoms with Crippen molar-refractivity contribution in [1.82, 2.24) is 0 Å². The lowest BCUT2D eigenvalue weighted by Crippen LogP contribution is -2.44. The lowest BCUT2D eigenvalue weighted by atomic mass is 9.83. The zero-order valence-electron chi connectivity index (χ0n) is 19.2. The van der Waals surface area contributed by atoms with Gasteiger partial charge in [-0.05, 0) is 35.9 Å². The summed E-state index contributed by atoms with van der Waals surface area (Å²) in [5.41, 5.74) is 1.40. The molecule has 0 spiro atoms. The number of hydrogen-bond donors (Lipinski definition) is 0. The highest BCUT2D eigenvalue weighted by Gasteiger charge is 2.43. The van der Waals surface area contributed by atoms with Crippen molar-refractivity contribution in [3.05, 3.63) is 113 Å². The summed E-state index contributed by atoms with van der Waals surface area (Å²) in [4.78, 5) is 13.3. The molecule has 0 heterocycles. The van der Waals surface area contributed by atoms with Crippen LogP contribution in [0.25, 0.3) is 0 Å². The fourth-order valence-corrected chi connectivity index (χ4v) is 6.01. The summed E-state index contributed by atoms with van der Waals surface area (Å²) in [6.07, 6.45) is 0.471. The fourth-order valence-electron chi connectivity index (χ4n) is 4.28. The molecule has 4 atom stereocenters. The first-order chi connectivity index (χ1) is 16.4. The third kappa shape index (κ3) is 5.13. The molecular weight excluding hydrogens is 448 g/mol. The predicted molar refractivity (Wildman–Crippen MR) is 131 cm³/mol. The highest BCUT2D eigenvalue weighted by Crippen LogP contribution is 2.39. The molecule has 1 aliphatic carbocycles. The summed E-state index contributed by atoms with van der Waals surface area (Å²) in [5.74, 6) is -1.27. The molecule has 0 saturated heterocycles. The Bertz CT molecular complexity index is 1240. The fraction of sp³-hybridized carbons (Fsp3) is 0.250. The Morgan fingerprint density at radius 1 is 0.824 bits per heavy atom. The number of carbonyl (C=O) groups is 1. The normalized spacial score (nSPS) is 22.6. The standard InChI is InChI=1S/C28H28O5S/c1-20-25(32-19-22-12-6-3-7-13-22)18-26(34(30,31)24-16-10-5-11-17-24)21(2)27(20)33-28(29)23-14-8-4-9-15-23/h3-18,20-21,25,27H,19H2,1-2H3/t20-,21+,25-,27-/m1/s1. The van der Waals surface area contributed by atoms with E-state index in [1.165, 1.54) is 0 Å². The van der Waals surface area contributed by atoms with Gasteiger partial charge in [-0.25, -0.2) is 13.2 Å². The van der Waals surface area contributed by atoms with E-state index in [2.05, 4.69) is 0 Å². The van der Waals surface area contributed by atoms with Crippen LogP contribution in [-0.2, 0) is 25.9 Å². The topological polar surface area (TPSA) is 69.7 Å². The zero-order chi connectivity index (χ0) is 24.1. The van der Waals surface area contributed by atoms with Crippen molar-refractivity contribution in [2.45, 2.75) is 37.6 Å². The van der Waals surface area contributed by atoms with Crippen molar-refractivity contribution in [2.75, 3.05) is 0 Å². The summed E-state index contributed by atoms with van der Waals surface area (Å²) < 4.78 is 39.2. The Morgan fingerprint density at radius 2 is 1.38 bits per heavy atom. The van der Waals surface area contributed by atoms with Crippen LogP contribution < -0.4 is 0 Å². The second-order valence-electron chi connectivity index (χ2n) is 8.53. The van der Waals surface area contributed by atoms with Gasteiger partial charge in [-0.15, -0.1) is 0 Å². The van der Waals surface area contributed by atoms with E-state index in [1.54, 1.807) is 67.6 Å². The van der Waals surface area contributed by atoms with Crippen LogP contribution >= 0.6 is 0 Å². The van der Waals surface area contributed by atoms with E-state index >= 15 is 0 Å². The molecule has 0 unspecified atom stereocenters. The van der Waals surface area contributed by atoms with Crippen LogP contribution in [-0.4, -0.2) is 26.6 Å². The van der Waals surface area contributed by atoms with Crippen LogP contribution in [0.3, 0.4) is 0 Å². The van der Waals surface area contributed by atoms with E-state index in [4.69, 9.17) is 9.47 Å². The van der Waals surface area contributed by atoms with Gasteiger partial charge in [0, 0.05) is 11.8 Å². The zero-order valence-corrected chi connectivity index (χ0v) is 20.0. The molecule has 1 aliphatic rings. The first-order valence-corrected chi connectivity index (χ1v) is 12.8. The molecule has 176 valence electrons. The highest BCUT2D eigenvalue weighted by atomic mass is 32.2. The quantitative estimate of drug-likeness (QED) is 0.425. The Morgan fingerprint density at radius 3 is 2.00 bits per heavy atom. The summed E-state index contributed by atoms with van der Waals surface area (Å²) in [6.45, 7) is 4.04. The minimum Gasteiger partial charge on any atom is -0.458 e. The van der Waals surface area contributed by atoms with Gasteiger partial charge in [-0.2, -0.15) is 0 Å². The summed E-state index contributed by atoms with van der Waals surface area (Å²) in [6, 6.07) is 26.7. The minimum absolute atomic E-state index is 0.206. The first kappa shape index (κ1) is 23.9. The largest absolute Gasteiger partial charge is 0.458 e. The third-order valence-electron chi connectivity index (χ3n) is 6.21. The number of ether oxygens (including phenoxy) is 2. The van der Waals surface area contributed by atoms with Gasteiger partial charge in [0.25, 0.3) is 0 Å². The molecule has 0 bridgehead atoms. The van der Waals surface area contributed by atoms with Crippen molar-refractivity contribution >= 4 is 15.8 Å². The van der Waals surface area contributed by atoms with Crippen LogP contribution in [0.5, 0.6) is 0 Å². The van der Waals surface area contributed by atoms with Gasteiger partial charge < -0.3 is 9.47 Å². The van der Waals surface area contributed by atoms with Crippen molar-refractivity contribution in [2.24, 2.45) is 11.8 Å². The summed E-state index contributed by atoms with van der Waals surface area (Å²) >= 11 is 0. The highest BCUT2D eigenvalue weighted by molar-refractivity contribution is 7.95. The van der Waals surface area contributed by atoms with Crippen LogP contribution in [0.1, 0.15) is 29.8 Å². The van der Waals surface area contributed by atoms with E-state index in [1.807, 2.05) is 43.3 Å². The molecule has 3 aromatic rings. The summed E-state index contributed by atoms with van der Waals surface area (Å²) in [7, 11) is -3.79. The van der Waals surface area contributed by atoms with Gasteiger partial charge in [0.05, 0.1) is 28.1 Å². The van der Waals surface area contributed by atoms with Crippen LogP contribution in [0.15, 0.2) is 107 Å². The Hall–Kier alpha value is -3.22. The Labute approximate surface area is 201 Å². The molecule has 0 fully saturated rings. The molecule has 0 amide bonds. The molecule has 0 N–H and O–H groups in total. The lowest BCUT2D eigenvalue weighted by Gasteiger charge is -2.38. The lowest BCUT2D eigenvalue weighted by molar-refractivity contribution is -0.0492. The Kier molecular flexibility index (Phi) is 7.29. The van der Waals surface area contributed by atoms with Crippen molar-refractivity contribution in [1.29, 1.82) is 0 Å². The molecule has 0 aromatic heterocycles. The average Bonchev–Trinajstić information content (AvgIpc) is 2.87. The number of carbonyl (C=O) groups excluding carboxylic acids is 1. The molecule has 0 saturated carbocycles. The number of sulfone groups is 1. The van der Waals surface area contributed by atoms with Gasteiger partial charge in [0.2, 0.25) is 9.84 Å². The van der Waals surface area contributed by atoms with E-state index in [0.717, 1.165) is 5.56 Å². The molecular formula is C28H28O5S. The number of benzene rings is 3. The molecule has 0 aliphatic heterocycles. The first-order valence-electron chi connectivity index (χ1n) is 11.3. The predicted octanol–water partition coefficient (Wildman–Crippen LogP) is 5.44. The number of hydrogen-bond acceptors (Lipinski definition) is 5. The van der Waals surface area contributed by atoms with Gasteiger partial charge in [0.15, 0.2) is 0 Å². The molecule has 34 heavy (non-hydrogen) atoms. The molecule has 3 aromatic carbocycles. The van der Waals surface area contributed by atoms with E-state index in [0.29, 0.717) is 12.2 Å². The smallest absolute Gasteiger partial charge is 0.338 e. The van der Waals surface area contributed by atoms with Crippen molar-refractivity contribution in [3.8, 4) is 0 Å². The van der Waals surface area contributed by atoms with Crippen LogP contribution in [0.2, 0.25) is 0 Å². The summed E-state index contributed by atoms with van der Waals surface area (Å²) in [5, 5.41) is 0. The Balaban J connectivity index is 1.67. The SMILES string of the molecule is C[C@H]1[C@@H](OC(=O)c2ccccc2)[C@@H](C)C(S(=O)(=O)c2ccccc2)=C[C@H]1OCc1ccccc1. The minimum atomic E-state index is -3.79. The molecule has 4 rings (SSSR count). The second-order valence-corrected chi connectivity index (χ2v) is 10.5. The maximum absolute atomic E-state index is 13.6. The van der Waals surface area contributed by atoms with Gasteiger partial charge in [-0.3, -0.25) is 0 Å². The van der Waals surface area contributed by atoms with E-state index in [-0.39, 0.29) is 15.7 Å². The van der Waals surface area contributed by atoms with E-state index < -0.39 is 33.9 Å².